The van der Waals surface area contributed by atoms with E-state index in [0.717, 1.165) is 28.4 Å². The van der Waals surface area contributed by atoms with Gasteiger partial charge < -0.3 is 14.2 Å². The molecule has 3 heterocycles. The van der Waals surface area contributed by atoms with Crippen molar-refractivity contribution < 1.29 is 9.21 Å². The molecular formula is C25H25N3O2. The average molecular weight is 399 g/mol. The van der Waals surface area contributed by atoms with Crippen molar-refractivity contribution in [3.8, 4) is 0 Å². The monoisotopic (exact) mass is 399 g/mol. The van der Waals surface area contributed by atoms with Crippen molar-refractivity contribution in [1.82, 2.24) is 9.88 Å². The standard InChI is InChI=1S/C25H25N3O2/c1-16-5-4-6-21(11-16)28-10-9-27(15-18(28)3)25(29)23-14-20-13-19-8-7-17(2)12-22(19)26-24(20)30-23/h4-8,11-14,18H,9-10,15H2,1-3H3/t18-/m1/s1. The number of furan rings is 1. The maximum absolute atomic E-state index is 13.1. The molecule has 0 radical (unpaired) electrons. The number of amides is 1. The third-order valence-electron chi connectivity index (χ3n) is 5.92. The largest absolute Gasteiger partial charge is 0.433 e. The molecule has 1 fully saturated rings. The zero-order chi connectivity index (χ0) is 20.8. The highest BCUT2D eigenvalue weighted by Crippen LogP contribution is 2.26. The Labute approximate surface area is 175 Å². The Morgan fingerprint density at radius 1 is 1.00 bits per heavy atom. The number of rotatable bonds is 2. The SMILES string of the molecule is Cc1cccc(N2CCN(C(=O)c3cc4cc5ccc(C)cc5nc4o3)C[C@H]2C)c1. The number of hydrogen-bond acceptors (Lipinski definition) is 4. The summed E-state index contributed by atoms with van der Waals surface area (Å²) in [7, 11) is 0. The topological polar surface area (TPSA) is 49.6 Å². The van der Waals surface area contributed by atoms with E-state index in [9.17, 15) is 4.79 Å². The van der Waals surface area contributed by atoms with Crippen LogP contribution in [0.5, 0.6) is 0 Å². The van der Waals surface area contributed by atoms with Gasteiger partial charge >= 0.3 is 0 Å². The summed E-state index contributed by atoms with van der Waals surface area (Å²) in [5.74, 6) is 0.296. The number of carbonyl (C=O) groups is 1. The third kappa shape index (κ3) is 3.30. The Balaban J connectivity index is 1.38. The summed E-state index contributed by atoms with van der Waals surface area (Å²) in [5, 5.41) is 1.91. The number of aromatic nitrogens is 1. The molecule has 1 atom stereocenters. The summed E-state index contributed by atoms with van der Waals surface area (Å²) in [6, 6.07) is 18.8. The first-order valence-electron chi connectivity index (χ1n) is 10.4. The summed E-state index contributed by atoms with van der Waals surface area (Å²) >= 11 is 0. The third-order valence-corrected chi connectivity index (χ3v) is 5.92. The summed E-state index contributed by atoms with van der Waals surface area (Å²) in [6.45, 7) is 8.45. The second-order valence-corrected chi connectivity index (χ2v) is 8.32. The molecule has 0 aliphatic carbocycles. The van der Waals surface area contributed by atoms with Crippen LogP contribution >= 0.6 is 0 Å². The molecule has 0 spiro atoms. The number of aryl methyl sites for hydroxylation is 2. The van der Waals surface area contributed by atoms with Gasteiger partial charge in [-0.2, -0.15) is 0 Å². The van der Waals surface area contributed by atoms with Gasteiger partial charge in [0.05, 0.1) is 5.52 Å². The van der Waals surface area contributed by atoms with E-state index >= 15 is 0 Å². The van der Waals surface area contributed by atoms with Crippen molar-refractivity contribution in [2.75, 3.05) is 24.5 Å². The van der Waals surface area contributed by atoms with Gasteiger partial charge in [-0.1, -0.05) is 24.3 Å². The predicted octanol–water partition coefficient (Wildman–Crippen LogP) is 4.95. The minimum atomic E-state index is -0.0658. The van der Waals surface area contributed by atoms with E-state index in [0.29, 0.717) is 24.6 Å². The van der Waals surface area contributed by atoms with Crippen LogP contribution in [0, 0.1) is 13.8 Å². The maximum atomic E-state index is 13.1. The van der Waals surface area contributed by atoms with Crippen molar-refractivity contribution in [3.05, 3.63) is 71.5 Å². The van der Waals surface area contributed by atoms with Crippen molar-refractivity contribution in [1.29, 1.82) is 0 Å². The summed E-state index contributed by atoms with van der Waals surface area (Å²) in [6.07, 6.45) is 0. The molecule has 2 aromatic carbocycles. The highest BCUT2D eigenvalue weighted by Gasteiger charge is 2.29. The van der Waals surface area contributed by atoms with Crippen molar-refractivity contribution in [2.24, 2.45) is 0 Å². The van der Waals surface area contributed by atoms with Gasteiger partial charge in [0.15, 0.2) is 5.76 Å². The minimum Gasteiger partial charge on any atom is -0.433 e. The predicted molar refractivity (Wildman–Crippen MR) is 120 cm³/mol. The van der Waals surface area contributed by atoms with Crippen LogP contribution in [0.15, 0.2) is 59.0 Å². The highest BCUT2D eigenvalue weighted by atomic mass is 16.4. The molecule has 2 aromatic heterocycles. The Morgan fingerprint density at radius 3 is 2.63 bits per heavy atom. The van der Waals surface area contributed by atoms with Gasteiger partial charge in [-0.15, -0.1) is 0 Å². The second-order valence-electron chi connectivity index (χ2n) is 8.32. The molecule has 1 saturated heterocycles. The molecule has 0 bridgehead atoms. The van der Waals surface area contributed by atoms with Crippen LogP contribution in [0.1, 0.15) is 28.6 Å². The number of benzene rings is 2. The van der Waals surface area contributed by atoms with Crippen LogP contribution in [0.2, 0.25) is 0 Å². The maximum Gasteiger partial charge on any atom is 0.289 e. The number of anilines is 1. The first-order chi connectivity index (χ1) is 14.5. The van der Waals surface area contributed by atoms with E-state index in [1.165, 1.54) is 11.3 Å². The molecule has 30 heavy (non-hydrogen) atoms. The molecule has 0 N–H and O–H groups in total. The van der Waals surface area contributed by atoms with Gasteiger partial charge in [-0.25, -0.2) is 4.98 Å². The Bertz CT molecular complexity index is 1260. The Morgan fingerprint density at radius 2 is 1.83 bits per heavy atom. The van der Waals surface area contributed by atoms with Crippen LogP contribution in [-0.2, 0) is 0 Å². The van der Waals surface area contributed by atoms with Crippen LogP contribution in [-0.4, -0.2) is 41.5 Å². The van der Waals surface area contributed by atoms with E-state index in [-0.39, 0.29) is 11.9 Å². The van der Waals surface area contributed by atoms with Crippen LogP contribution in [0.4, 0.5) is 5.69 Å². The lowest BCUT2D eigenvalue weighted by molar-refractivity contribution is 0.0696. The van der Waals surface area contributed by atoms with Crippen molar-refractivity contribution in [3.63, 3.8) is 0 Å². The fourth-order valence-corrected chi connectivity index (χ4v) is 4.33. The van der Waals surface area contributed by atoms with E-state index in [4.69, 9.17) is 4.42 Å². The van der Waals surface area contributed by atoms with E-state index < -0.39 is 0 Å². The van der Waals surface area contributed by atoms with Gasteiger partial charge in [0.25, 0.3) is 5.91 Å². The average Bonchev–Trinajstić information content (AvgIpc) is 3.14. The first-order valence-corrected chi connectivity index (χ1v) is 10.4. The molecule has 1 aliphatic heterocycles. The smallest absolute Gasteiger partial charge is 0.289 e. The molecule has 1 amide bonds. The summed E-state index contributed by atoms with van der Waals surface area (Å²) in [4.78, 5) is 22.0. The van der Waals surface area contributed by atoms with Gasteiger partial charge in [0, 0.05) is 42.1 Å². The summed E-state index contributed by atoms with van der Waals surface area (Å²) in [5.41, 5.74) is 5.01. The number of pyridine rings is 1. The van der Waals surface area contributed by atoms with Crippen LogP contribution in [0.3, 0.4) is 0 Å². The fourth-order valence-electron chi connectivity index (χ4n) is 4.33. The molecule has 1 aliphatic rings. The van der Waals surface area contributed by atoms with Crippen LogP contribution < -0.4 is 4.90 Å². The van der Waals surface area contributed by atoms with Gasteiger partial charge in [0.1, 0.15) is 0 Å². The lowest BCUT2D eigenvalue weighted by Gasteiger charge is -2.41. The number of nitrogens with zero attached hydrogens (tertiary/aromatic N) is 3. The number of carbonyl (C=O) groups excluding carboxylic acids is 1. The van der Waals surface area contributed by atoms with Gasteiger partial charge in [-0.05, 0) is 62.2 Å². The zero-order valence-corrected chi connectivity index (χ0v) is 17.6. The molecule has 0 saturated carbocycles. The normalized spacial score (nSPS) is 17.1. The lowest BCUT2D eigenvalue weighted by atomic mass is 10.1. The molecular weight excluding hydrogens is 374 g/mol. The van der Waals surface area contributed by atoms with Crippen LogP contribution in [0.25, 0.3) is 22.0 Å². The van der Waals surface area contributed by atoms with Gasteiger partial charge in [-0.3, -0.25) is 4.79 Å². The quantitative estimate of drug-likeness (QED) is 0.479. The van der Waals surface area contributed by atoms with E-state index in [1.807, 2.05) is 30.0 Å². The van der Waals surface area contributed by atoms with E-state index in [2.05, 4.69) is 60.1 Å². The summed E-state index contributed by atoms with van der Waals surface area (Å²) < 4.78 is 5.88. The molecule has 4 aromatic rings. The second kappa shape index (κ2) is 7.17. The minimum absolute atomic E-state index is 0.0658. The number of fused-ring (bicyclic) bond motifs is 2. The Kier molecular flexibility index (Phi) is 4.46. The number of hydrogen-bond donors (Lipinski definition) is 0. The number of piperazine rings is 1. The van der Waals surface area contributed by atoms with Gasteiger partial charge in [0.2, 0.25) is 5.71 Å². The molecule has 152 valence electrons. The lowest BCUT2D eigenvalue weighted by Crippen LogP contribution is -2.53. The molecule has 5 nitrogen and oxygen atoms in total. The van der Waals surface area contributed by atoms with Crippen molar-refractivity contribution in [2.45, 2.75) is 26.8 Å². The van der Waals surface area contributed by atoms with E-state index in [1.54, 1.807) is 0 Å². The highest BCUT2D eigenvalue weighted by molar-refractivity contribution is 5.98. The molecule has 5 heteroatoms. The Hall–Kier alpha value is -3.34. The van der Waals surface area contributed by atoms with Crippen molar-refractivity contribution >= 4 is 33.6 Å². The zero-order valence-electron chi connectivity index (χ0n) is 17.6. The molecule has 5 rings (SSSR count). The molecule has 0 unspecified atom stereocenters. The first kappa shape index (κ1) is 18.7. The fraction of sp³-hybridized carbons (Fsp3) is 0.280.